The summed E-state index contributed by atoms with van der Waals surface area (Å²) in [6, 6.07) is 0. The summed E-state index contributed by atoms with van der Waals surface area (Å²) in [5, 5.41) is -0.651. The summed E-state index contributed by atoms with van der Waals surface area (Å²) in [5.41, 5.74) is 0. The number of carbonyl (C=O) groups is 2. The maximum absolute atomic E-state index is 11.8. The molecule has 3 aliphatic rings. The summed E-state index contributed by atoms with van der Waals surface area (Å²) in [4.78, 5) is 23.6. The molecule has 0 radical (unpaired) electrons. The molecule has 3 fully saturated rings. The second-order valence-corrected chi connectivity index (χ2v) is 7.77. The van der Waals surface area contributed by atoms with E-state index >= 15 is 0 Å². The molecule has 0 aromatic heterocycles. The number of hydrogen-bond acceptors (Lipinski definition) is 8. The molecule has 3 aliphatic heterocycles. The number of methoxy groups -OCH3 is 1. The molecule has 6 unspecified atom stereocenters. The van der Waals surface area contributed by atoms with Crippen LogP contribution >= 0.6 is 11.8 Å². The van der Waals surface area contributed by atoms with Gasteiger partial charge in [0.15, 0.2) is 0 Å². The molecule has 3 rings (SSSR count). The average Bonchev–Trinajstić information content (AvgIpc) is 2.89. The third-order valence-corrected chi connectivity index (χ3v) is 5.99. The van der Waals surface area contributed by atoms with Gasteiger partial charge in [-0.1, -0.05) is 0 Å². The Balaban J connectivity index is 1.94. The Hall–Kier alpha value is -0.800. The van der Waals surface area contributed by atoms with Crippen molar-refractivity contribution in [1.29, 1.82) is 0 Å². The molecule has 0 aromatic rings. The topological polar surface area (TPSA) is 96.0 Å². The number of esters is 2. The van der Waals surface area contributed by atoms with Gasteiger partial charge in [0.05, 0.1) is 35.7 Å². The van der Waals surface area contributed by atoms with Crippen molar-refractivity contribution in [3.8, 4) is 0 Å². The lowest BCUT2D eigenvalue weighted by Gasteiger charge is -2.27. The zero-order valence-electron chi connectivity index (χ0n) is 10.1. The van der Waals surface area contributed by atoms with Gasteiger partial charge in [0, 0.05) is 0 Å². The molecular formula is C10H12O7S2. The largest absolute Gasteiger partial charge is 0.469 e. The Bertz CT molecular complexity index is 542. The highest BCUT2D eigenvalue weighted by atomic mass is 32.2. The molecule has 0 spiro atoms. The van der Waals surface area contributed by atoms with Crippen molar-refractivity contribution in [2.45, 2.75) is 22.7 Å². The van der Waals surface area contributed by atoms with Gasteiger partial charge < -0.3 is 9.47 Å². The van der Waals surface area contributed by atoms with Gasteiger partial charge in [-0.25, -0.2) is 0 Å². The maximum Gasteiger partial charge on any atom is 0.311 e. The summed E-state index contributed by atoms with van der Waals surface area (Å²) in [7, 11) is -2.45. The van der Waals surface area contributed by atoms with Gasteiger partial charge in [-0.15, -0.1) is 11.8 Å². The van der Waals surface area contributed by atoms with Crippen LogP contribution in [0.5, 0.6) is 0 Å². The number of thioether (sulfide) groups is 1. The Morgan fingerprint density at radius 3 is 2.63 bits per heavy atom. The Kier molecular flexibility index (Phi) is 2.84. The molecule has 3 heterocycles. The van der Waals surface area contributed by atoms with Crippen LogP contribution in [-0.4, -0.2) is 56.4 Å². The van der Waals surface area contributed by atoms with E-state index in [9.17, 15) is 18.0 Å². The van der Waals surface area contributed by atoms with Crippen LogP contribution in [0.4, 0.5) is 0 Å². The lowest BCUT2D eigenvalue weighted by atomic mass is 9.78. The van der Waals surface area contributed by atoms with Crippen molar-refractivity contribution >= 4 is 33.8 Å². The standard InChI is InChI=1S/C10H12O7S2/c1-15-9(11)3-4-7-5(16-10(4)12)6(8(3)18-7)17-19(2,13)14/h3-8H,1-2H3. The van der Waals surface area contributed by atoms with E-state index in [-0.39, 0.29) is 5.25 Å². The fourth-order valence-corrected chi connectivity index (χ4v) is 5.75. The molecular weight excluding hydrogens is 296 g/mol. The van der Waals surface area contributed by atoms with Gasteiger partial charge in [-0.2, -0.15) is 8.42 Å². The molecule has 7 nitrogen and oxygen atoms in total. The van der Waals surface area contributed by atoms with E-state index in [0.29, 0.717) is 0 Å². The fourth-order valence-electron chi connectivity index (χ4n) is 3.05. The highest BCUT2D eigenvalue weighted by molar-refractivity contribution is 8.01. The van der Waals surface area contributed by atoms with Crippen LogP contribution in [0, 0.1) is 11.8 Å². The highest BCUT2D eigenvalue weighted by Crippen LogP contribution is 2.59. The van der Waals surface area contributed by atoms with Crippen LogP contribution in [-0.2, 0) is 33.4 Å². The molecule has 3 saturated heterocycles. The molecule has 0 amide bonds. The third kappa shape index (κ3) is 1.86. The first-order valence-electron chi connectivity index (χ1n) is 5.65. The lowest BCUT2D eigenvalue weighted by Crippen LogP contribution is -2.47. The number of hydrogen-bond donors (Lipinski definition) is 0. The quantitative estimate of drug-likeness (QED) is 0.492. The Morgan fingerprint density at radius 1 is 1.37 bits per heavy atom. The van der Waals surface area contributed by atoms with Crippen molar-refractivity contribution in [2.24, 2.45) is 11.8 Å². The van der Waals surface area contributed by atoms with Crippen LogP contribution in [0.2, 0.25) is 0 Å². The first-order valence-corrected chi connectivity index (χ1v) is 8.41. The van der Waals surface area contributed by atoms with Crippen molar-refractivity contribution < 1.29 is 31.7 Å². The molecule has 6 atom stereocenters. The van der Waals surface area contributed by atoms with Crippen molar-refractivity contribution in [3.05, 3.63) is 0 Å². The van der Waals surface area contributed by atoms with Crippen LogP contribution in [0.25, 0.3) is 0 Å². The van der Waals surface area contributed by atoms with Crippen LogP contribution < -0.4 is 0 Å². The van der Waals surface area contributed by atoms with Crippen LogP contribution in [0.15, 0.2) is 0 Å². The molecule has 0 aliphatic carbocycles. The van der Waals surface area contributed by atoms with E-state index in [1.807, 2.05) is 0 Å². The van der Waals surface area contributed by atoms with Crippen molar-refractivity contribution in [1.82, 2.24) is 0 Å². The summed E-state index contributed by atoms with van der Waals surface area (Å²) >= 11 is 1.38. The summed E-state index contributed by atoms with van der Waals surface area (Å²) < 4.78 is 37.4. The lowest BCUT2D eigenvalue weighted by molar-refractivity contribution is -0.152. The van der Waals surface area contributed by atoms with Gasteiger partial charge in [0.1, 0.15) is 12.2 Å². The smallest absolute Gasteiger partial charge is 0.311 e. The van der Waals surface area contributed by atoms with Crippen LogP contribution in [0.1, 0.15) is 0 Å². The second-order valence-electron chi connectivity index (χ2n) is 4.81. The summed E-state index contributed by atoms with van der Waals surface area (Å²) in [6.07, 6.45) is -0.467. The number of carbonyl (C=O) groups excluding carboxylic acids is 2. The minimum Gasteiger partial charge on any atom is -0.469 e. The first kappa shape index (κ1) is 13.2. The maximum atomic E-state index is 11.8. The van der Waals surface area contributed by atoms with Crippen molar-refractivity contribution in [2.75, 3.05) is 13.4 Å². The van der Waals surface area contributed by atoms with E-state index in [1.54, 1.807) is 0 Å². The highest BCUT2D eigenvalue weighted by Gasteiger charge is 2.70. The predicted molar refractivity (Wildman–Crippen MR) is 63.8 cm³/mol. The van der Waals surface area contributed by atoms with Crippen molar-refractivity contribution in [3.63, 3.8) is 0 Å². The van der Waals surface area contributed by atoms with E-state index in [2.05, 4.69) is 0 Å². The van der Waals surface area contributed by atoms with Crippen LogP contribution in [0.3, 0.4) is 0 Å². The van der Waals surface area contributed by atoms with E-state index in [1.165, 1.54) is 18.9 Å². The van der Waals surface area contributed by atoms with E-state index in [0.717, 1.165) is 6.26 Å². The van der Waals surface area contributed by atoms with Gasteiger partial charge in [-0.05, 0) is 0 Å². The first-order chi connectivity index (χ1) is 8.83. The van der Waals surface area contributed by atoms with Gasteiger partial charge in [0.2, 0.25) is 0 Å². The monoisotopic (exact) mass is 308 g/mol. The summed E-state index contributed by atoms with van der Waals surface area (Å²) in [6.45, 7) is 0. The molecule has 9 heteroatoms. The van der Waals surface area contributed by atoms with Gasteiger partial charge in [-0.3, -0.25) is 13.8 Å². The summed E-state index contributed by atoms with van der Waals surface area (Å²) in [5.74, 6) is -2.24. The molecule has 0 aromatic carbocycles. The minimum atomic E-state index is -3.68. The van der Waals surface area contributed by atoms with Gasteiger partial charge >= 0.3 is 11.9 Å². The number of ether oxygens (including phenoxy) is 2. The van der Waals surface area contributed by atoms with Gasteiger partial charge in [0.25, 0.3) is 10.1 Å². The molecule has 0 saturated carbocycles. The Morgan fingerprint density at radius 2 is 2.05 bits per heavy atom. The third-order valence-electron chi connectivity index (χ3n) is 3.66. The van der Waals surface area contributed by atoms with E-state index in [4.69, 9.17) is 13.7 Å². The second kappa shape index (κ2) is 4.10. The number of fused-ring (bicyclic) bond motifs is 1. The fraction of sp³-hybridized carbons (Fsp3) is 0.800. The Labute approximate surface area is 114 Å². The number of rotatable bonds is 3. The SMILES string of the molecule is COC(=O)C1C2SC3C(OC(=O)C31)C2OS(C)(=O)=O. The minimum absolute atomic E-state index is 0.228. The average molecular weight is 308 g/mol. The van der Waals surface area contributed by atoms with E-state index < -0.39 is 51.4 Å². The zero-order chi connectivity index (χ0) is 13.9. The molecule has 0 N–H and O–H groups in total. The zero-order valence-corrected chi connectivity index (χ0v) is 11.8. The molecule has 2 bridgehead atoms. The normalized spacial score (nSPS) is 43.4. The molecule has 19 heavy (non-hydrogen) atoms. The molecule has 106 valence electrons. The predicted octanol–water partition coefficient (Wildman–Crippen LogP) is -0.840.